The van der Waals surface area contributed by atoms with E-state index < -0.39 is 5.97 Å². The molecule has 0 saturated heterocycles. The highest BCUT2D eigenvalue weighted by molar-refractivity contribution is 6.04. The molecule has 0 atom stereocenters. The molecule has 1 heterocycles. The minimum atomic E-state index is -0.610. The Morgan fingerprint density at radius 2 is 1.91 bits per heavy atom. The van der Waals surface area contributed by atoms with Crippen molar-refractivity contribution in [3.8, 4) is 0 Å². The summed E-state index contributed by atoms with van der Waals surface area (Å²) in [7, 11) is 0. The summed E-state index contributed by atoms with van der Waals surface area (Å²) < 4.78 is 5.13. The predicted molar refractivity (Wildman–Crippen MR) is 86.6 cm³/mol. The Labute approximate surface area is 133 Å². The van der Waals surface area contributed by atoms with Crippen molar-refractivity contribution in [2.45, 2.75) is 13.8 Å². The third-order valence-electron chi connectivity index (χ3n) is 3.69. The molecule has 1 aromatic heterocycles. The number of nitrogens with zero attached hydrogens (tertiary/aromatic N) is 1. The molecule has 0 amide bonds. The van der Waals surface area contributed by atoms with Gasteiger partial charge in [0.25, 0.3) is 0 Å². The van der Waals surface area contributed by atoms with Crippen LogP contribution >= 0.6 is 0 Å². The normalized spacial score (nSPS) is 10.7. The minimum absolute atomic E-state index is 0.189. The number of aromatic nitrogens is 2. The van der Waals surface area contributed by atoms with Gasteiger partial charge in [-0.2, -0.15) is 5.10 Å². The van der Waals surface area contributed by atoms with E-state index in [1.807, 2.05) is 44.2 Å². The van der Waals surface area contributed by atoms with E-state index in [4.69, 9.17) is 4.74 Å². The van der Waals surface area contributed by atoms with Crippen molar-refractivity contribution in [2.75, 3.05) is 6.61 Å². The van der Waals surface area contributed by atoms with Gasteiger partial charge >= 0.3 is 5.97 Å². The van der Waals surface area contributed by atoms with Crippen LogP contribution in [0.15, 0.2) is 42.5 Å². The molecule has 0 bridgehead atoms. The lowest BCUT2D eigenvalue weighted by molar-refractivity contribution is 0.0470. The third-order valence-corrected chi connectivity index (χ3v) is 3.69. The summed E-state index contributed by atoms with van der Waals surface area (Å²) in [6, 6.07) is 12.9. The van der Waals surface area contributed by atoms with E-state index in [0.717, 1.165) is 16.6 Å². The topological polar surface area (TPSA) is 72.1 Å². The van der Waals surface area contributed by atoms with Crippen LogP contribution in [0.2, 0.25) is 0 Å². The van der Waals surface area contributed by atoms with Crippen LogP contribution in [0.4, 0.5) is 0 Å². The molecule has 0 unspecified atom stereocenters. The number of carbonyl (C=O) groups is 2. The number of Topliss-reactive ketones (excluding diaryl/α,β-unsaturated/α-hetero) is 1. The van der Waals surface area contributed by atoms with Crippen LogP contribution < -0.4 is 0 Å². The fraction of sp³-hybridized carbons (Fsp3) is 0.167. The number of fused-ring (bicyclic) bond motifs is 1. The quantitative estimate of drug-likeness (QED) is 0.593. The third kappa shape index (κ3) is 2.99. The van der Waals surface area contributed by atoms with Gasteiger partial charge in [-0.05, 0) is 31.5 Å². The van der Waals surface area contributed by atoms with Gasteiger partial charge in [0, 0.05) is 10.9 Å². The zero-order valence-electron chi connectivity index (χ0n) is 12.9. The molecule has 1 N–H and O–H groups in total. The maximum absolute atomic E-state index is 12.2. The highest BCUT2D eigenvalue weighted by atomic mass is 16.5. The van der Waals surface area contributed by atoms with Crippen LogP contribution in [0.25, 0.3) is 10.9 Å². The van der Waals surface area contributed by atoms with E-state index in [0.29, 0.717) is 10.9 Å². The molecule has 0 radical (unpaired) electrons. The van der Waals surface area contributed by atoms with Crippen molar-refractivity contribution < 1.29 is 14.3 Å². The molecule has 3 aromatic rings. The number of para-hydroxylation sites is 1. The van der Waals surface area contributed by atoms with Gasteiger partial charge in [0.2, 0.25) is 5.78 Å². The van der Waals surface area contributed by atoms with Crippen LogP contribution in [0.1, 0.15) is 32.0 Å². The van der Waals surface area contributed by atoms with Crippen molar-refractivity contribution in [1.82, 2.24) is 10.2 Å². The first kappa shape index (κ1) is 15.0. The first-order valence-corrected chi connectivity index (χ1v) is 7.27. The summed E-state index contributed by atoms with van der Waals surface area (Å²) in [6.45, 7) is 3.47. The number of hydrogen-bond acceptors (Lipinski definition) is 4. The monoisotopic (exact) mass is 308 g/mol. The average molecular weight is 308 g/mol. The van der Waals surface area contributed by atoms with Gasteiger partial charge in [0.15, 0.2) is 12.3 Å². The van der Waals surface area contributed by atoms with E-state index in [1.54, 1.807) is 12.1 Å². The number of esters is 1. The Morgan fingerprint density at radius 1 is 1.13 bits per heavy atom. The van der Waals surface area contributed by atoms with E-state index in [9.17, 15) is 9.59 Å². The Hall–Kier alpha value is -2.95. The molecule has 3 rings (SSSR count). The summed E-state index contributed by atoms with van der Waals surface area (Å²) in [4.78, 5) is 24.4. The van der Waals surface area contributed by atoms with Crippen molar-refractivity contribution in [3.63, 3.8) is 0 Å². The van der Waals surface area contributed by atoms with Crippen molar-refractivity contribution in [3.05, 3.63) is 64.8 Å². The highest BCUT2D eigenvalue weighted by Crippen LogP contribution is 2.16. The van der Waals surface area contributed by atoms with E-state index in [-0.39, 0.29) is 18.1 Å². The fourth-order valence-electron chi connectivity index (χ4n) is 2.43. The zero-order valence-corrected chi connectivity index (χ0v) is 12.9. The number of H-pyrrole nitrogens is 1. The van der Waals surface area contributed by atoms with Gasteiger partial charge in [0.1, 0.15) is 0 Å². The number of benzene rings is 2. The zero-order chi connectivity index (χ0) is 16.4. The Balaban J connectivity index is 1.74. The largest absolute Gasteiger partial charge is 0.452 e. The maximum atomic E-state index is 12.2. The van der Waals surface area contributed by atoms with Crippen LogP contribution in [0, 0.1) is 13.8 Å². The summed E-state index contributed by atoms with van der Waals surface area (Å²) in [5, 5.41) is 7.41. The van der Waals surface area contributed by atoms with Crippen molar-refractivity contribution in [1.29, 1.82) is 0 Å². The second-order valence-corrected chi connectivity index (χ2v) is 5.44. The number of aryl methyl sites for hydroxylation is 2. The number of ketones is 1. The van der Waals surface area contributed by atoms with Gasteiger partial charge in [-0.3, -0.25) is 9.89 Å². The highest BCUT2D eigenvalue weighted by Gasteiger charge is 2.18. The SMILES string of the molecule is Cc1ccc(C)c(C(=O)COC(=O)c2n[nH]c3ccccc23)c1. The van der Waals surface area contributed by atoms with Crippen LogP contribution in [-0.2, 0) is 4.74 Å². The molecule has 2 aromatic carbocycles. The van der Waals surface area contributed by atoms with E-state index >= 15 is 0 Å². The lowest BCUT2D eigenvalue weighted by Crippen LogP contribution is -2.15. The molecular formula is C18H16N2O3. The molecular weight excluding hydrogens is 292 g/mol. The Kier molecular flexibility index (Phi) is 3.93. The average Bonchev–Trinajstić information content (AvgIpc) is 2.98. The molecule has 5 nitrogen and oxygen atoms in total. The number of rotatable bonds is 4. The standard InChI is InChI=1S/C18H16N2O3/c1-11-7-8-12(2)14(9-11)16(21)10-23-18(22)17-13-5-3-4-6-15(13)19-20-17/h3-9H,10H2,1-2H3,(H,19,20). The van der Waals surface area contributed by atoms with Crippen LogP contribution in [0.3, 0.4) is 0 Å². The van der Waals surface area contributed by atoms with Crippen LogP contribution in [-0.4, -0.2) is 28.6 Å². The van der Waals surface area contributed by atoms with Gasteiger partial charge in [-0.15, -0.1) is 0 Å². The van der Waals surface area contributed by atoms with Gasteiger partial charge in [0.05, 0.1) is 5.52 Å². The number of nitrogens with one attached hydrogen (secondary N) is 1. The lowest BCUT2D eigenvalue weighted by atomic mass is 10.0. The molecule has 0 aliphatic rings. The fourth-order valence-corrected chi connectivity index (χ4v) is 2.43. The van der Waals surface area contributed by atoms with Crippen molar-refractivity contribution >= 4 is 22.7 Å². The first-order valence-electron chi connectivity index (χ1n) is 7.27. The second-order valence-electron chi connectivity index (χ2n) is 5.44. The number of hydrogen-bond donors (Lipinski definition) is 1. The molecule has 5 heteroatoms. The first-order chi connectivity index (χ1) is 11.1. The molecule has 0 saturated carbocycles. The summed E-state index contributed by atoms with van der Waals surface area (Å²) in [5.74, 6) is -0.833. The summed E-state index contributed by atoms with van der Waals surface area (Å²) in [5.41, 5.74) is 3.37. The number of carbonyl (C=O) groups excluding carboxylic acids is 2. The molecule has 0 aliphatic carbocycles. The van der Waals surface area contributed by atoms with Gasteiger partial charge < -0.3 is 4.74 Å². The van der Waals surface area contributed by atoms with Crippen molar-refractivity contribution in [2.24, 2.45) is 0 Å². The van der Waals surface area contributed by atoms with Gasteiger partial charge in [-0.25, -0.2) is 4.79 Å². The number of aromatic amines is 1. The molecule has 0 aliphatic heterocycles. The summed E-state index contributed by atoms with van der Waals surface area (Å²) >= 11 is 0. The minimum Gasteiger partial charge on any atom is -0.452 e. The van der Waals surface area contributed by atoms with Gasteiger partial charge in [-0.1, -0.05) is 35.9 Å². The smallest absolute Gasteiger partial charge is 0.359 e. The van der Waals surface area contributed by atoms with E-state index in [1.165, 1.54) is 0 Å². The number of ether oxygens (including phenoxy) is 1. The predicted octanol–water partition coefficient (Wildman–Crippen LogP) is 3.22. The molecule has 116 valence electrons. The molecule has 0 spiro atoms. The Morgan fingerprint density at radius 3 is 2.74 bits per heavy atom. The second kappa shape index (κ2) is 6.04. The van der Waals surface area contributed by atoms with Crippen LogP contribution in [0.5, 0.6) is 0 Å². The molecule has 23 heavy (non-hydrogen) atoms. The summed E-state index contributed by atoms with van der Waals surface area (Å²) in [6.07, 6.45) is 0. The maximum Gasteiger partial charge on any atom is 0.359 e. The lowest BCUT2D eigenvalue weighted by Gasteiger charge is -2.07. The Bertz CT molecular complexity index is 896. The van der Waals surface area contributed by atoms with E-state index in [2.05, 4.69) is 10.2 Å². The molecule has 0 fully saturated rings.